The van der Waals surface area contributed by atoms with Gasteiger partial charge in [-0.1, -0.05) is 0 Å². The number of carbonyl (C=O) groups excluding carboxylic acids is 1. The standard InChI is InChI=1S/C18H16O7/c1-23-13-5-10-9(15(21)16(13)24-2)6-18(10)7-25-12-4-8(19)3-11(20)14(12)17(18)22/h3-5,19-21H,6-7H2,1-2H3/t18-/m1/s1. The Morgan fingerprint density at radius 2 is 1.88 bits per heavy atom. The molecule has 1 aliphatic carbocycles. The third-order valence-corrected chi connectivity index (χ3v) is 4.95. The lowest BCUT2D eigenvalue weighted by atomic mass is 9.59. The molecule has 2 aromatic rings. The number of fused-ring (bicyclic) bond motifs is 3. The first-order valence-electron chi connectivity index (χ1n) is 7.64. The van der Waals surface area contributed by atoms with Gasteiger partial charge in [-0.05, 0) is 18.1 Å². The summed E-state index contributed by atoms with van der Waals surface area (Å²) < 4.78 is 16.1. The molecule has 1 heterocycles. The maximum atomic E-state index is 13.1. The number of methoxy groups -OCH3 is 2. The third kappa shape index (κ3) is 1.83. The van der Waals surface area contributed by atoms with Crippen molar-refractivity contribution < 1.29 is 34.3 Å². The minimum absolute atomic E-state index is 0.0315. The fourth-order valence-electron chi connectivity index (χ4n) is 3.68. The molecule has 3 N–H and O–H groups in total. The van der Waals surface area contributed by atoms with Crippen LogP contribution in [0.5, 0.6) is 34.5 Å². The van der Waals surface area contributed by atoms with Crippen molar-refractivity contribution in [1.82, 2.24) is 0 Å². The lowest BCUT2D eigenvalue weighted by Crippen LogP contribution is -2.53. The number of rotatable bonds is 2. The van der Waals surface area contributed by atoms with E-state index in [0.29, 0.717) is 16.9 Å². The third-order valence-electron chi connectivity index (χ3n) is 4.95. The van der Waals surface area contributed by atoms with E-state index in [1.165, 1.54) is 20.3 Å². The second kappa shape index (κ2) is 4.95. The second-order valence-corrected chi connectivity index (χ2v) is 6.20. The summed E-state index contributed by atoms with van der Waals surface area (Å²) in [6.07, 6.45) is 0.257. The number of phenols is 3. The topological polar surface area (TPSA) is 105 Å². The van der Waals surface area contributed by atoms with Crippen molar-refractivity contribution >= 4 is 5.78 Å². The van der Waals surface area contributed by atoms with Gasteiger partial charge in [-0.15, -0.1) is 0 Å². The minimum Gasteiger partial charge on any atom is -0.508 e. The van der Waals surface area contributed by atoms with Crippen LogP contribution in [0.4, 0.5) is 0 Å². The number of aromatic hydroxyl groups is 3. The Hall–Kier alpha value is -3.09. The van der Waals surface area contributed by atoms with E-state index >= 15 is 0 Å². The molecule has 0 unspecified atom stereocenters. The quantitative estimate of drug-likeness (QED) is 0.764. The van der Waals surface area contributed by atoms with Crippen molar-refractivity contribution in [2.45, 2.75) is 11.8 Å². The maximum absolute atomic E-state index is 13.1. The minimum atomic E-state index is -1.01. The normalized spacial score (nSPS) is 20.3. The molecular formula is C18H16O7. The number of phenolic OH excluding ortho intramolecular Hbond substituents is 3. The van der Waals surface area contributed by atoms with Gasteiger partial charge >= 0.3 is 0 Å². The predicted molar refractivity (Wildman–Crippen MR) is 86.2 cm³/mol. The summed E-state index contributed by atoms with van der Waals surface area (Å²) in [5.74, 6) is -0.220. The number of hydrogen-bond acceptors (Lipinski definition) is 7. The lowest BCUT2D eigenvalue weighted by Gasteiger charge is -2.45. The van der Waals surface area contributed by atoms with Gasteiger partial charge in [0.15, 0.2) is 17.3 Å². The molecule has 1 atom stereocenters. The highest BCUT2D eigenvalue weighted by atomic mass is 16.5. The Morgan fingerprint density at radius 3 is 2.56 bits per heavy atom. The van der Waals surface area contributed by atoms with Crippen LogP contribution in [0, 0.1) is 0 Å². The maximum Gasteiger partial charge on any atom is 0.203 e. The van der Waals surface area contributed by atoms with Crippen LogP contribution >= 0.6 is 0 Å². The fourth-order valence-corrected chi connectivity index (χ4v) is 3.68. The molecular weight excluding hydrogens is 328 g/mol. The number of carbonyl (C=O) groups is 1. The summed E-state index contributed by atoms with van der Waals surface area (Å²) in [4.78, 5) is 13.1. The molecule has 130 valence electrons. The van der Waals surface area contributed by atoms with Gasteiger partial charge < -0.3 is 29.5 Å². The summed E-state index contributed by atoms with van der Waals surface area (Å²) in [5, 5.41) is 30.0. The van der Waals surface area contributed by atoms with Crippen molar-refractivity contribution in [3.05, 3.63) is 34.9 Å². The molecule has 7 heteroatoms. The summed E-state index contributed by atoms with van der Waals surface area (Å²) in [6, 6.07) is 4.05. The molecule has 4 rings (SSSR count). The molecule has 0 fully saturated rings. The largest absolute Gasteiger partial charge is 0.508 e. The highest BCUT2D eigenvalue weighted by Gasteiger charge is 2.55. The summed E-state index contributed by atoms with van der Waals surface area (Å²) in [6.45, 7) is 0.0453. The van der Waals surface area contributed by atoms with E-state index in [2.05, 4.69) is 0 Å². The molecule has 7 nitrogen and oxygen atoms in total. The highest BCUT2D eigenvalue weighted by Crippen LogP contribution is 2.56. The van der Waals surface area contributed by atoms with Gasteiger partial charge in [0, 0.05) is 17.7 Å². The van der Waals surface area contributed by atoms with E-state index in [-0.39, 0.29) is 53.1 Å². The van der Waals surface area contributed by atoms with E-state index in [1.54, 1.807) is 6.07 Å². The van der Waals surface area contributed by atoms with E-state index in [1.807, 2.05) is 0 Å². The highest BCUT2D eigenvalue weighted by molar-refractivity contribution is 6.11. The molecule has 1 aliphatic heterocycles. The number of ether oxygens (including phenoxy) is 3. The van der Waals surface area contributed by atoms with E-state index < -0.39 is 5.41 Å². The SMILES string of the molecule is COc1cc2c(c(O)c1OC)C[C@@]21COc2cc(O)cc(O)c2C1=O. The molecule has 0 saturated heterocycles. The van der Waals surface area contributed by atoms with Gasteiger partial charge in [0.25, 0.3) is 0 Å². The first-order valence-corrected chi connectivity index (χ1v) is 7.64. The van der Waals surface area contributed by atoms with Gasteiger partial charge in [0.1, 0.15) is 29.4 Å². The van der Waals surface area contributed by atoms with Gasteiger partial charge in [-0.2, -0.15) is 0 Å². The molecule has 0 radical (unpaired) electrons. The average Bonchev–Trinajstić information content (AvgIpc) is 2.55. The Balaban J connectivity index is 1.87. The summed E-state index contributed by atoms with van der Waals surface area (Å²) >= 11 is 0. The van der Waals surface area contributed by atoms with Crippen molar-refractivity contribution in [3.8, 4) is 34.5 Å². The van der Waals surface area contributed by atoms with E-state index in [0.717, 1.165) is 6.07 Å². The lowest BCUT2D eigenvalue weighted by molar-refractivity contribution is 0.0720. The van der Waals surface area contributed by atoms with E-state index in [9.17, 15) is 20.1 Å². The van der Waals surface area contributed by atoms with Crippen LogP contribution in [0.15, 0.2) is 18.2 Å². The Labute approximate surface area is 143 Å². The molecule has 0 bridgehead atoms. The first kappa shape index (κ1) is 15.4. The summed E-state index contributed by atoms with van der Waals surface area (Å²) in [5.41, 5.74) is 0.208. The zero-order valence-corrected chi connectivity index (χ0v) is 13.6. The van der Waals surface area contributed by atoms with Crippen molar-refractivity contribution in [2.75, 3.05) is 20.8 Å². The Bertz CT molecular complexity index is 918. The monoisotopic (exact) mass is 344 g/mol. The van der Waals surface area contributed by atoms with Gasteiger partial charge in [0.05, 0.1) is 19.6 Å². The van der Waals surface area contributed by atoms with Crippen molar-refractivity contribution in [2.24, 2.45) is 0 Å². The molecule has 2 aromatic carbocycles. The van der Waals surface area contributed by atoms with E-state index in [4.69, 9.17) is 14.2 Å². The van der Waals surface area contributed by atoms with Gasteiger partial charge in [-0.3, -0.25) is 4.79 Å². The molecule has 0 aromatic heterocycles. The van der Waals surface area contributed by atoms with Crippen LogP contribution in [0.1, 0.15) is 21.5 Å². The molecule has 25 heavy (non-hydrogen) atoms. The van der Waals surface area contributed by atoms with Crippen LogP contribution in [0.2, 0.25) is 0 Å². The average molecular weight is 344 g/mol. The van der Waals surface area contributed by atoms with Crippen LogP contribution in [-0.4, -0.2) is 41.9 Å². The fraction of sp³-hybridized carbons (Fsp3) is 0.278. The van der Waals surface area contributed by atoms with Crippen LogP contribution in [0.3, 0.4) is 0 Å². The zero-order chi connectivity index (χ0) is 17.9. The zero-order valence-electron chi connectivity index (χ0n) is 13.6. The number of benzene rings is 2. The van der Waals surface area contributed by atoms with Gasteiger partial charge in [0.2, 0.25) is 5.75 Å². The molecule has 1 spiro atoms. The Kier molecular flexibility index (Phi) is 3.06. The summed E-state index contributed by atoms with van der Waals surface area (Å²) in [7, 11) is 2.87. The first-order chi connectivity index (χ1) is 11.9. The number of ketones is 1. The number of hydrogen-bond donors (Lipinski definition) is 3. The molecule has 0 saturated carbocycles. The van der Waals surface area contributed by atoms with Crippen molar-refractivity contribution in [3.63, 3.8) is 0 Å². The number of Topliss-reactive ketones (excluding diaryl/α,β-unsaturated/α-hetero) is 1. The second-order valence-electron chi connectivity index (χ2n) is 6.20. The predicted octanol–water partition coefficient (Wildman–Crippen LogP) is 1.89. The molecule has 2 aliphatic rings. The van der Waals surface area contributed by atoms with Crippen LogP contribution in [-0.2, 0) is 11.8 Å². The van der Waals surface area contributed by atoms with Crippen molar-refractivity contribution in [1.29, 1.82) is 0 Å². The van der Waals surface area contributed by atoms with Crippen LogP contribution < -0.4 is 14.2 Å². The Morgan fingerprint density at radius 1 is 1.12 bits per heavy atom. The molecule has 0 amide bonds. The smallest absolute Gasteiger partial charge is 0.203 e. The van der Waals surface area contributed by atoms with Crippen LogP contribution in [0.25, 0.3) is 0 Å². The van der Waals surface area contributed by atoms with Gasteiger partial charge in [-0.25, -0.2) is 0 Å².